The number of aliphatic hydroxyl groups is 24. The van der Waals surface area contributed by atoms with E-state index in [-0.39, 0.29) is 0 Å². The number of amides is 2. The van der Waals surface area contributed by atoms with Crippen molar-refractivity contribution in [2.45, 2.75) is 259 Å². The van der Waals surface area contributed by atoms with E-state index in [1.165, 1.54) is 0 Å². The number of carbonyl (C=O) groups is 2. The second-order valence-corrected chi connectivity index (χ2v) is 23.9. The summed E-state index contributed by atoms with van der Waals surface area (Å²) in [4.78, 5) is 25.0. The number of ether oxygens (including phenoxy) is 15. The Balaban J connectivity index is 1.11. The average molecular weight is 1400 g/mol. The van der Waals surface area contributed by atoms with Crippen molar-refractivity contribution in [3.8, 4) is 0 Å². The third-order valence-electron chi connectivity index (χ3n) is 17.4. The topological polar surface area (TPSA) is 682 Å². The van der Waals surface area contributed by atoms with Gasteiger partial charge in [0.1, 0.15) is 195 Å². The molecule has 0 unspecified atom stereocenters. The molecule has 0 saturated carbocycles. The van der Waals surface area contributed by atoms with Gasteiger partial charge in [0.15, 0.2) is 50.3 Å². The van der Waals surface area contributed by atoms with Crippen molar-refractivity contribution in [1.29, 1.82) is 0 Å². The van der Waals surface area contributed by atoms with Crippen LogP contribution in [0.15, 0.2) is 0 Å². The Bertz CT molecular complexity index is 2380. The van der Waals surface area contributed by atoms with E-state index in [1.54, 1.807) is 0 Å². The molecule has 0 spiro atoms. The predicted molar refractivity (Wildman–Crippen MR) is 288 cm³/mol. The smallest absolute Gasteiger partial charge is 0.217 e. The number of nitrogens with one attached hydrogen (secondary N) is 2. The molecule has 552 valence electrons. The first-order valence-corrected chi connectivity index (χ1v) is 30.1. The van der Waals surface area contributed by atoms with Crippen LogP contribution in [0.1, 0.15) is 13.8 Å². The van der Waals surface area contributed by atoms with E-state index in [0.717, 1.165) is 13.8 Å². The van der Waals surface area contributed by atoms with Crippen LogP contribution in [0, 0.1) is 0 Å². The van der Waals surface area contributed by atoms with Crippen molar-refractivity contribution in [2.75, 3.05) is 52.9 Å². The molecule has 0 aromatic rings. The zero-order valence-electron chi connectivity index (χ0n) is 50.4. The Morgan fingerprint density at radius 1 is 0.274 bits per heavy atom. The van der Waals surface area contributed by atoms with Crippen molar-refractivity contribution >= 4 is 11.8 Å². The molecule has 95 heavy (non-hydrogen) atoms. The van der Waals surface area contributed by atoms with Crippen molar-refractivity contribution in [3.63, 3.8) is 0 Å². The van der Waals surface area contributed by atoms with Gasteiger partial charge in [0, 0.05) is 13.8 Å². The van der Waals surface area contributed by atoms with Crippen LogP contribution in [0.3, 0.4) is 0 Å². The van der Waals surface area contributed by atoms with E-state index in [1.807, 2.05) is 0 Å². The SMILES string of the molecule is CC(=O)N[C@@H]1[C@@H](O)[C@H](O[C@@H]2O[C@H](CO[C@H]3O[C@H](CO[C@H]4O[C@H](CO)[C@@H](O)[C@H](O)[C@@H]4O)[C@@H](O)[C@H](O[C@H]4O[C@H](CO)[C@@H](O)[C@H](O)[C@@H]4O)[C@@H]3O)[C@@H](O)[C@H](O[C@H]3O[C@H](CO)[C@@H](O)[C@H](O)[C@@H]3O[C@@H]3O[C@H](CO)[C@@H](O[C@@H]4O[C@H](CO)[C@H](O)[C@H](O)[C@H]4O)[C@H](O)[C@H]3NC(C)=O)[C@@H]2O)[C@@H](CO)O[C@H]1O. The minimum Gasteiger partial charge on any atom is -0.394 e. The molecular formula is C52H88N2O41. The van der Waals surface area contributed by atoms with Gasteiger partial charge in [0.25, 0.3) is 0 Å². The van der Waals surface area contributed by atoms with E-state index < -0.39 is 310 Å². The summed E-state index contributed by atoms with van der Waals surface area (Å²) < 4.78 is 86.6. The van der Waals surface area contributed by atoms with Gasteiger partial charge in [-0.1, -0.05) is 0 Å². The highest BCUT2D eigenvalue weighted by Crippen LogP contribution is 2.38. The maximum Gasteiger partial charge on any atom is 0.217 e. The van der Waals surface area contributed by atoms with Crippen LogP contribution in [0.25, 0.3) is 0 Å². The van der Waals surface area contributed by atoms with Crippen molar-refractivity contribution < 1.29 is 203 Å². The molecule has 43 nitrogen and oxygen atoms in total. The minimum absolute atomic E-state index is 0.828. The molecule has 40 atom stereocenters. The van der Waals surface area contributed by atoms with Crippen LogP contribution in [-0.2, 0) is 80.6 Å². The molecule has 8 fully saturated rings. The van der Waals surface area contributed by atoms with Gasteiger partial charge in [-0.3, -0.25) is 9.59 Å². The van der Waals surface area contributed by atoms with Gasteiger partial charge in [-0.05, 0) is 0 Å². The number of carbonyl (C=O) groups excluding carboxylic acids is 2. The molecule has 0 aromatic heterocycles. The number of aliphatic hydroxyl groups excluding tert-OH is 24. The maximum absolute atomic E-state index is 12.8. The van der Waals surface area contributed by atoms with Gasteiger partial charge in [-0.15, -0.1) is 0 Å². The van der Waals surface area contributed by atoms with Gasteiger partial charge in [-0.25, -0.2) is 0 Å². The summed E-state index contributed by atoms with van der Waals surface area (Å²) in [5.41, 5.74) is 0. The fourth-order valence-corrected chi connectivity index (χ4v) is 12.1. The monoisotopic (exact) mass is 1400 g/mol. The Morgan fingerprint density at radius 2 is 0.568 bits per heavy atom. The molecule has 43 heteroatoms. The molecule has 8 aliphatic rings. The predicted octanol–water partition coefficient (Wildman–Crippen LogP) is -18.2. The second-order valence-electron chi connectivity index (χ2n) is 23.9. The maximum atomic E-state index is 12.8. The third-order valence-corrected chi connectivity index (χ3v) is 17.4. The molecule has 26 N–H and O–H groups in total. The van der Waals surface area contributed by atoms with Gasteiger partial charge < -0.3 is 204 Å². The van der Waals surface area contributed by atoms with Gasteiger partial charge >= 0.3 is 0 Å². The normalized spacial score (nSPS) is 50.8. The lowest BCUT2D eigenvalue weighted by Gasteiger charge is -2.50. The lowest BCUT2D eigenvalue weighted by molar-refractivity contribution is -0.397. The molecule has 0 bridgehead atoms. The average Bonchev–Trinajstić information content (AvgIpc) is 0.789. The summed E-state index contributed by atoms with van der Waals surface area (Å²) >= 11 is 0. The van der Waals surface area contributed by atoms with E-state index in [9.17, 15) is 132 Å². The first-order valence-electron chi connectivity index (χ1n) is 30.1. The van der Waals surface area contributed by atoms with E-state index in [0.29, 0.717) is 0 Å². The van der Waals surface area contributed by atoms with Gasteiger partial charge in [0.05, 0.1) is 52.9 Å². The highest BCUT2D eigenvalue weighted by atomic mass is 16.8. The summed E-state index contributed by atoms with van der Waals surface area (Å²) in [6.45, 7) is -6.25. The molecule has 8 rings (SSSR count). The Kier molecular flexibility index (Phi) is 27.9. The standard InChI is InChI=1S/C52H88N2O41/c1-11(61)53-21-29(69)40(17(7-59)83-45(21)80)92-51-39(79)43(94-52-44(34(74)26(66)16(6-58)87-52)95-46-22(54-12(2)62)30(70)41(18(8-60)88-46)91-49-36(76)32(72)24(64)14(4-56)85-49)28(68)20(90-51)10-82-48-38(78)42(93-50-37(77)33(73)25(65)15(5-57)86-50)27(67)19(89-48)9-81-47-35(75)31(71)23(63)13(3-55)84-47/h13-52,55-60,63-80H,3-10H2,1-2H3,(H,53,61)(H,54,62)/t13-,14-,15-,16-,17-,18-,19-,20-,21-,22-,23-,24+,25-,26-,27-,28-,29-,30-,31+,32+,33+,34+,35+,36-,37+,38+,39+,40-,41-,42+,43+,44+,45-,46+,47+,48+,49+,50-,51+,52-/m1/s1. The minimum atomic E-state index is -2.45. The number of hydrogen-bond acceptors (Lipinski definition) is 41. The fourth-order valence-electron chi connectivity index (χ4n) is 12.1. The van der Waals surface area contributed by atoms with E-state index >= 15 is 0 Å². The summed E-state index contributed by atoms with van der Waals surface area (Å²) in [6, 6.07) is -3.63. The lowest BCUT2D eigenvalue weighted by Crippen LogP contribution is -2.70. The largest absolute Gasteiger partial charge is 0.394 e. The highest BCUT2D eigenvalue weighted by Gasteiger charge is 2.59. The summed E-state index contributed by atoms with van der Waals surface area (Å²) in [7, 11) is 0. The zero-order valence-corrected chi connectivity index (χ0v) is 50.4. The summed E-state index contributed by atoms with van der Waals surface area (Å²) in [6.07, 6.45) is -77.6. The Hall–Kier alpha value is -2.62. The van der Waals surface area contributed by atoms with E-state index in [4.69, 9.17) is 71.1 Å². The van der Waals surface area contributed by atoms with Gasteiger partial charge in [-0.2, -0.15) is 0 Å². The van der Waals surface area contributed by atoms with Crippen molar-refractivity contribution in [2.24, 2.45) is 0 Å². The van der Waals surface area contributed by atoms with Gasteiger partial charge in [0.2, 0.25) is 11.8 Å². The summed E-state index contributed by atoms with van der Waals surface area (Å²) in [5.74, 6) is -1.75. The molecule has 8 saturated heterocycles. The first-order chi connectivity index (χ1) is 44.9. The quantitative estimate of drug-likeness (QED) is 0.0427. The first kappa shape index (κ1) is 78.1. The third kappa shape index (κ3) is 17.0. The molecule has 2 amide bonds. The highest BCUT2D eigenvalue weighted by molar-refractivity contribution is 5.73. The Labute approximate surface area is 536 Å². The van der Waals surface area contributed by atoms with Crippen LogP contribution in [-0.4, -0.2) is 433 Å². The van der Waals surface area contributed by atoms with E-state index in [2.05, 4.69) is 10.6 Å². The molecule has 0 aromatic carbocycles. The lowest BCUT2D eigenvalue weighted by atomic mass is 9.94. The van der Waals surface area contributed by atoms with Crippen LogP contribution >= 0.6 is 0 Å². The second kappa shape index (κ2) is 33.9. The molecule has 8 aliphatic heterocycles. The molecular weight excluding hydrogens is 1310 g/mol. The van der Waals surface area contributed by atoms with Crippen LogP contribution < -0.4 is 10.6 Å². The van der Waals surface area contributed by atoms with Crippen LogP contribution in [0.4, 0.5) is 0 Å². The summed E-state index contributed by atoms with van der Waals surface area (Å²) in [5, 5.41) is 266. The number of hydrogen-bond donors (Lipinski definition) is 26. The van der Waals surface area contributed by atoms with Crippen LogP contribution in [0.2, 0.25) is 0 Å². The zero-order chi connectivity index (χ0) is 69.9. The van der Waals surface area contributed by atoms with Crippen molar-refractivity contribution in [1.82, 2.24) is 10.6 Å². The fraction of sp³-hybridized carbons (Fsp3) is 0.962. The van der Waals surface area contributed by atoms with Crippen molar-refractivity contribution in [3.05, 3.63) is 0 Å². The molecule has 0 radical (unpaired) electrons. The van der Waals surface area contributed by atoms with Crippen LogP contribution in [0.5, 0.6) is 0 Å². The molecule has 8 heterocycles. The number of rotatable bonds is 24. The Morgan fingerprint density at radius 3 is 1.01 bits per heavy atom. The molecule has 0 aliphatic carbocycles.